The van der Waals surface area contributed by atoms with E-state index < -0.39 is 23.4 Å². The number of nitrogens with zero attached hydrogens (tertiary/aromatic N) is 2. The van der Waals surface area contributed by atoms with Crippen molar-refractivity contribution in [1.82, 2.24) is 4.90 Å². The molecule has 2 fully saturated rings. The van der Waals surface area contributed by atoms with Crippen LogP contribution >= 0.6 is 0 Å². The van der Waals surface area contributed by atoms with E-state index in [-0.39, 0.29) is 6.61 Å². The number of alkyl halides is 3. The molecule has 0 aromatic heterocycles. The summed E-state index contributed by atoms with van der Waals surface area (Å²) in [4.78, 5) is 4.06. The summed E-state index contributed by atoms with van der Waals surface area (Å²) in [5.41, 5.74) is -0.590. The van der Waals surface area contributed by atoms with Crippen LogP contribution in [0.5, 0.6) is 0 Å². The Labute approximate surface area is 170 Å². The van der Waals surface area contributed by atoms with Crippen molar-refractivity contribution in [2.24, 2.45) is 0 Å². The summed E-state index contributed by atoms with van der Waals surface area (Å²) < 4.78 is 44.7. The Morgan fingerprint density at radius 3 is 2.45 bits per heavy atom. The molecule has 1 heterocycles. The first-order valence-corrected chi connectivity index (χ1v) is 10.3. The van der Waals surface area contributed by atoms with Gasteiger partial charge in [0.05, 0.1) is 18.3 Å². The third kappa shape index (κ3) is 5.88. The van der Waals surface area contributed by atoms with E-state index in [0.29, 0.717) is 38.4 Å². The second-order valence-corrected chi connectivity index (χ2v) is 8.00. The fraction of sp³-hybridized carbons (Fsp3) is 0.636. The molecule has 0 radical (unpaired) electrons. The minimum absolute atomic E-state index is 0.206. The number of hydrogen-bond acceptors (Lipinski definition) is 4. The van der Waals surface area contributed by atoms with Crippen LogP contribution in [0.3, 0.4) is 0 Å². The molecule has 1 aromatic rings. The molecule has 160 valence electrons. The van der Waals surface area contributed by atoms with E-state index in [1.54, 1.807) is 6.07 Å². The molecule has 3 rings (SSSR count). The van der Waals surface area contributed by atoms with Crippen molar-refractivity contribution < 1.29 is 23.0 Å². The van der Waals surface area contributed by atoms with E-state index in [2.05, 4.69) is 10.8 Å². The maximum absolute atomic E-state index is 12.9. The van der Waals surface area contributed by atoms with Crippen molar-refractivity contribution in [2.75, 3.05) is 44.2 Å². The van der Waals surface area contributed by atoms with Crippen molar-refractivity contribution in [2.45, 2.75) is 50.0 Å². The number of rotatable bonds is 6. The highest BCUT2D eigenvalue weighted by Gasteiger charge is 2.32. The van der Waals surface area contributed by atoms with Crippen molar-refractivity contribution >= 4 is 5.69 Å². The van der Waals surface area contributed by atoms with Crippen molar-refractivity contribution in [3.05, 3.63) is 29.8 Å². The standard InChI is InChI=1S/C22H29F3N2O2/c1-2-21(9-4-3-5-10-21)29-17-20(28)16-26-11-13-27(14-12-26)19-8-6-7-18(15-19)22(23,24)25/h1,6-8,15,20,28H,3-5,9-14,16-17H2/t20-/m0/s1. The van der Waals surface area contributed by atoms with Crippen LogP contribution in [0.1, 0.15) is 37.7 Å². The number of halogens is 3. The average molecular weight is 410 g/mol. The number of β-amino-alcohol motifs (C(OH)–C–C–N with tert-alkyl or cyclic N) is 1. The lowest BCUT2D eigenvalue weighted by molar-refractivity contribution is -0.137. The summed E-state index contributed by atoms with van der Waals surface area (Å²) in [6, 6.07) is 5.43. The molecule has 29 heavy (non-hydrogen) atoms. The van der Waals surface area contributed by atoms with Crippen LogP contribution in [0, 0.1) is 12.3 Å². The lowest BCUT2D eigenvalue weighted by Crippen LogP contribution is -2.49. The molecule has 1 atom stereocenters. The molecule has 1 saturated carbocycles. The van der Waals surface area contributed by atoms with Gasteiger partial charge in [0.1, 0.15) is 5.60 Å². The van der Waals surface area contributed by atoms with Crippen molar-refractivity contribution in [3.63, 3.8) is 0 Å². The second kappa shape index (κ2) is 9.38. The molecule has 4 nitrogen and oxygen atoms in total. The third-order valence-corrected chi connectivity index (χ3v) is 5.86. The topological polar surface area (TPSA) is 35.9 Å². The number of piperazine rings is 1. The molecule has 0 unspecified atom stereocenters. The predicted octanol–water partition coefficient (Wildman–Crippen LogP) is 3.54. The Morgan fingerprint density at radius 2 is 1.83 bits per heavy atom. The Morgan fingerprint density at radius 1 is 1.14 bits per heavy atom. The molecule has 7 heteroatoms. The number of anilines is 1. The fourth-order valence-electron chi connectivity index (χ4n) is 4.13. The van der Waals surface area contributed by atoms with E-state index in [1.165, 1.54) is 18.6 Å². The number of terminal acetylenes is 1. The molecular formula is C22H29F3N2O2. The van der Waals surface area contributed by atoms with Gasteiger partial charge in [-0.1, -0.05) is 18.4 Å². The first-order valence-electron chi connectivity index (χ1n) is 10.3. The van der Waals surface area contributed by atoms with E-state index in [1.807, 2.05) is 4.90 Å². The molecule has 1 aliphatic heterocycles. The number of hydrogen-bond donors (Lipinski definition) is 1. The van der Waals surface area contributed by atoms with Gasteiger partial charge in [0.15, 0.2) is 0 Å². The van der Waals surface area contributed by atoms with Gasteiger partial charge in [0.2, 0.25) is 0 Å². The normalized spacial score (nSPS) is 21.6. The maximum Gasteiger partial charge on any atom is 0.416 e. The molecule has 1 aliphatic carbocycles. The van der Waals surface area contributed by atoms with Crippen LogP contribution < -0.4 is 4.90 Å². The van der Waals surface area contributed by atoms with Crippen molar-refractivity contribution in [1.29, 1.82) is 0 Å². The summed E-state index contributed by atoms with van der Waals surface area (Å²) in [5, 5.41) is 10.4. The molecule has 0 spiro atoms. The molecule has 0 bridgehead atoms. The zero-order valence-electron chi connectivity index (χ0n) is 16.6. The van der Waals surface area contributed by atoms with Gasteiger partial charge in [-0.15, -0.1) is 6.42 Å². The summed E-state index contributed by atoms with van der Waals surface area (Å²) in [6.45, 7) is 3.25. The molecule has 2 aliphatic rings. The van der Waals surface area contributed by atoms with Crippen LogP contribution in [0.15, 0.2) is 24.3 Å². The first-order chi connectivity index (χ1) is 13.8. The number of aliphatic hydroxyl groups is 1. The highest BCUT2D eigenvalue weighted by molar-refractivity contribution is 5.49. The van der Waals surface area contributed by atoms with E-state index in [4.69, 9.17) is 11.2 Å². The van der Waals surface area contributed by atoms with Gasteiger partial charge in [-0.25, -0.2) is 0 Å². The van der Waals surface area contributed by atoms with Crippen molar-refractivity contribution in [3.8, 4) is 12.3 Å². The lowest BCUT2D eigenvalue weighted by atomic mass is 9.85. The summed E-state index contributed by atoms with van der Waals surface area (Å²) in [6.07, 6.45) is 5.66. The highest BCUT2D eigenvalue weighted by atomic mass is 19.4. The number of ether oxygens (including phenoxy) is 1. The quantitative estimate of drug-likeness (QED) is 0.728. The van der Waals surface area contributed by atoms with Gasteiger partial charge in [-0.2, -0.15) is 13.2 Å². The van der Waals surface area contributed by atoms with Crippen LogP contribution in [-0.4, -0.2) is 61.0 Å². The van der Waals surface area contributed by atoms with Gasteiger partial charge in [-0.05, 0) is 43.9 Å². The second-order valence-electron chi connectivity index (χ2n) is 8.00. The molecule has 1 N–H and O–H groups in total. The Kier molecular flexibility index (Phi) is 7.10. The SMILES string of the molecule is C#CC1(OC[C@@H](O)CN2CCN(c3cccc(C(F)(F)F)c3)CC2)CCCCC1. The molecule has 1 saturated heterocycles. The molecule has 0 amide bonds. The Hall–Kier alpha value is -1.75. The van der Waals surface area contributed by atoms with Crippen LogP contribution in [0.4, 0.5) is 18.9 Å². The minimum Gasteiger partial charge on any atom is -0.389 e. The third-order valence-electron chi connectivity index (χ3n) is 5.86. The fourth-order valence-corrected chi connectivity index (χ4v) is 4.13. The van der Waals surface area contributed by atoms with Crippen LogP contribution in [0.25, 0.3) is 0 Å². The summed E-state index contributed by atoms with van der Waals surface area (Å²) >= 11 is 0. The lowest BCUT2D eigenvalue weighted by Gasteiger charge is -2.38. The molecule has 1 aromatic carbocycles. The minimum atomic E-state index is -4.34. The predicted molar refractivity (Wildman–Crippen MR) is 107 cm³/mol. The van der Waals surface area contributed by atoms with Gasteiger partial charge >= 0.3 is 6.18 Å². The summed E-state index contributed by atoms with van der Waals surface area (Å²) in [5.74, 6) is 2.78. The van der Waals surface area contributed by atoms with Gasteiger partial charge in [0.25, 0.3) is 0 Å². The largest absolute Gasteiger partial charge is 0.416 e. The molecular weight excluding hydrogens is 381 g/mol. The van der Waals surface area contributed by atoms with Gasteiger partial charge in [-0.3, -0.25) is 4.90 Å². The number of aliphatic hydroxyl groups excluding tert-OH is 1. The van der Waals surface area contributed by atoms with E-state index in [0.717, 1.165) is 31.7 Å². The first kappa shape index (κ1) is 21.9. The van der Waals surface area contributed by atoms with Gasteiger partial charge < -0.3 is 14.7 Å². The maximum atomic E-state index is 12.9. The Balaban J connectivity index is 1.45. The van der Waals surface area contributed by atoms with E-state index >= 15 is 0 Å². The average Bonchev–Trinajstić information content (AvgIpc) is 2.73. The number of benzene rings is 1. The van der Waals surface area contributed by atoms with E-state index in [9.17, 15) is 18.3 Å². The van der Waals surface area contributed by atoms with Gasteiger partial charge in [0, 0.05) is 38.4 Å². The van der Waals surface area contributed by atoms with Crippen LogP contribution in [-0.2, 0) is 10.9 Å². The highest BCUT2D eigenvalue weighted by Crippen LogP contribution is 2.32. The smallest absolute Gasteiger partial charge is 0.389 e. The monoisotopic (exact) mass is 410 g/mol. The van der Waals surface area contributed by atoms with Crippen LogP contribution in [0.2, 0.25) is 0 Å². The summed E-state index contributed by atoms with van der Waals surface area (Å²) in [7, 11) is 0. The Bertz CT molecular complexity index is 703. The zero-order valence-corrected chi connectivity index (χ0v) is 16.6. The zero-order chi connectivity index (χ0) is 20.9.